The number of hydrogen-bond donors (Lipinski definition) is 0. The average molecular weight is 270 g/mol. The molecule has 0 bridgehead atoms. The highest BCUT2D eigenvalue weighted by atomic mass is 35.5. The summed E-state index contributed by atoms with van der Waals surface area (Å²) < 4.78 is 31.0. The summed E-state index contributed by atoms with van der Waals surface area (Å²) in [5.41, 5.74) is 0. The Bertz CT molecular complexity index is 299. The van der Waals surface area contributed by atoms with Crippen molar-refractivity contribution in [3.8, 4) is 0 Å². The van der Waals surface area contributed by atoms with E-state index in [0.717, 1.165) is 12.8 Å². The number of hydrogen-bond acceptors (Lipinski definition) is 3. The molecule has 1 aliphatic heterocycles. The Morgan fingerprint density at radius 3 is 2.62 bits per heavy atom. The van der Waals surface area contributed by atoms with Gasteiger partial charge in [0.15, 0.2) is 0 Å². The monoisotopic (exact) mass is 269 g/mol. The quantitative estimate of drug-likeness (QED) is 0.686. The van der Waals surface area contributed by atoms with Crippen LogP contribution in [0.3, 0.4) is 0 Å². The fourth-order valence-electron chi connectivity index (χ4n) is 1.91. The molecule has 0 aromatic carbocycles. The molecule has 0 spiro atoms. The van der Waals surface area contributed by atoms with E-state index in [9.17, 15) is 8.42 Å². The maximum Gasteiger partial charge on any atom is 0.216 e. The lowest BCUT2D eigenvalue weighted by Crippen LogP contribution is -2.42. The van der Waals surface area contributed by atoms with Gasteiger partial charge < -0.3 is 4.74 Å². The minimum Gasteiger partial charge on any atom is -0.377 e. The van der Waals surface area contributed by atoms with E-state index in [0.29, 0.717) is 19.0 Å². The van der Waals surface area contributed by atoms with Gasteiger partial charge in [-0.2, -0.15) is 4.31 Å². The zero-order valence-electron chi connectivity index (χ0n) is 9.86. The summed E-state index contributed by atoms with van der Waals surface area (Å²) in [5, 5.41) is 0. The van der Waals surface area contributed by atoms with Crippen LogP contribution in [0, 0.1) is 0 Å². The van der Waals surface area contributed by atoms with E-state index in [1.165, 1.54) is 4.31 Å². The highest BCUT2D eigenvalue weighted by Gasteiger charge is 2.29. The van der Waals surface area contributed by atoms with Crippen molar-refractivity contribution in [2.24, 2.45) is 0 Å². The summed E-state index contributed by atoms with van der Waals surface area (Å²) in [7, 11) is -3.24. The number of ether oxygens (including phenoxy) is 1. The molecule has 96 valence electrons. The minimum absolute atomic E-state index is 0.0508. The fourth-order valence-corrected chi connectivity index (χ4v) is 4.13. The van der Waals surface area contributed by atoms with Crippen LogP contribution in [0.1, 0.15) is 26.7 Å². The Morgan fingerprint density at radius 2 is 2.19 bits per heavy atom. The Balaban J connectivity index is 2.64. The first-order valence-corrected chi connectivity index (χ1v) is 7.79. The van der Waals surface area contributed by atoms with Crippen LogP contribution in [-0.4, -0.2) is 49.7 Å². The molecule has 6 heteroatoms. The summed E-state index contributed by atoms with van der Waals surface area (Å²) in [6.07, 6.45) is 1.66. The first-order valence-electron chi connectivity index (χ1n) is 5.64. The molecule has 1 aliphatic rings. The van der Waals surface area contributed by atoms with Crippen LogP contribution >= 0.6 is 11.6 Å². The highest BCUT2D eigenvalue weighted by Crippen LogP contribution is 2.17. The third-order valence-corrected chi connectivity index (χ3v) is 4.94. The molecule has 0 aromatic heterocycles. The van der Waals surface area contributed by atoms with Crippen LogP contribution in [0.4, 0.5) is 0 Å². The minimum atomic E-state index is -3.24. The first-order chi connectivity index (χ1) is 7.47. The van der Waals surface area contributed by atoms with Crippen LogP contribution in [0.25, 0.3) is 0 Å². The summed E-state index contributed by atoms with van der Waals surface area (Å²) in [4.78, 5) is 0. The predicted molar refractivity (Wildman–Crippen MR) is 65.3 cm³/mol. The summed E-state index contributed by atoms with van der Waals surface area (Å²) >= 11 is 5.63. The molecule has 0 radical (unpaired) electrons. The molecule has 4 nitrogen and oxygen atoms in total. The van der Waals surface area contributed by atoms with Crippen molar-refractivity contribution < 1.29 is 13.2 Å². The second-order valence-corrected chi connectivity index (χ2v) is 6.65. The van der Waals surface area contributed by atoms with E-state index < -0.39 is 10.0 Å². The van der Waals surface area contributed by atoms with Gasteiger partial charge in [-0.05, 0) is 26.7 Å². The van der Waals surface area contributed by atoms with E-state index in [4.69, 9.17) is 16.3 Å². The molecule has 0 amide bonds. The second-order valence-electron chi connectivity index (χ2n) is 4.31. The zero-order valence-corrected chi connectivity index (χ0v) is 11.4. The van der Waals surface area contributed by atoms with Crippen molar-refractivity contribution in [2.45, 2.75) is 38.8 Å². The molecule has 1 heterocycles. The van der Waals surface area contributed by atoms with Crippen molar-refractivity contribution >= 4 is 21.6 Å². The van der Waals surface area contributed by atoms with E-state index in [-0.39, 0.29) is 17.9 Å². The van der Waals surface area contributed by atoms with E-state index >= 15 is 0 Å². The van der Waals surface area contributed by atoms with Gasteiger partial charge in [-0.1, -0.05) is 0 Å². The highest BCUT2D eigenvalue weighted by molar-refractivity contribution is 7.89. The smallest absolute Gasteiger partial charge is 0.216 e. The summed E-state index contributed by atoms with van der Waals surface area (Å²) in [6, 6.07) is -0.0508. The number of halogens is 1. The van der Waals surface area contributed by atoms with Crippen molar-refractivity contribution in [3.63, 3.8) is 0 Å². The van der Waals surface area contributed by atoms with Crippen molar-refractivity contribution in [1.29, 1.82) is 0 Å². The molecule has 0 saturated carbocycles. The van der Waals surface area contributed by atoms with E-state index in [1.54, 1.807) is 0 Å². The molecule has 1 rings (SSSR count). The van der Waals surface area contributed by atoms with Gasteiger partial charge >= 0.3 is 0 Å². The van der Waals surface area contributed by atoms with Gasteiger partial charge in [0, 0.05) is 25.1 Å². The number of nitrogens with zero attached hydrogens (tertiary/aromatic N) is 1. The number of alkyl halides is 1. The van der Waals surface area contributed by atoms with Gasteiger partial charge in [0.1, 0.15) is 0 Å². The third-order valence-electron chi connectivity index (χ3n) is 2.66. The molecule has 1 saturated heterocycles. The molecule has 1 fully saturated rings. The topological polar surface area (TPSA) is 46.6 Å². The Hall–Kier alpha value is 0.160. The maximum absolute atomic E-state index is 12.1. The summed E-state index contributed by atoms with van der Waals surface area (Å²) in [6.45, 7) is 4.77. The molecular weight excluding hydrogens is 250 g/mol. The largest absolute Gasteiger partial charge is 0.377 e. The van der Waals surface area contributed by atoms with Crippen LogP contribution < -0.4 is 0 Å². The zero-order chi connectivity index (χ0) is 12.2. The fraction of sp³-hybridized carbons (Fsp3) is 1.00. The van der Waals surface area contributed by atoms with Crippen LogP contribution in [0.2, 0.25) is 0 Å². The maximum atomic E-state index is 12.1. The Kier molecular flexibility index (Phi) is 5.50. The number of sulfonamides is 1. The number of rotatable bonds is 6. The lowest BCUT2D eigenvalue weighted by molar-refractivity contribution is 0.126. The van der Waals surface area contributed by atoms with Gasteiger partial charge in [0.2, 0.25) is 10.0 Å². The van der Waals surface area contributed by atoms with E-state index in [2.05, 4.69) is 0 Å². The Labute approximate surface area is 103 Å². The predicted octanol–water partition coefficient (Wildman–Crippen LogP) is 1.44. The van der Waals surface area contributed by atoms with Gasteiger partial charge in [0.25, 0.3) is 0 Å². The molecule has 1 unspecified atom stereocenters. The Morgan fingerprint density at radius 1 is 1.50 bits per heavy atom. The molecule has 1 atom stereocenters. The third kappa shape index (κ3) is 3.87. The summed E-state index contributed by atoms with van der Waals surface area (Å²) in [5.74, 6) is 0.408. The molecule has 16 heavy (non-hydrogen) atoms. The SMILES string of the molecule is CC(C)N(CCCl)S(=O)(=O)CC1CCCO1. The average Bonchev–Trinajstić information content (AvgIpc) is 2.65. The normalized spacial score (nSPS) is 22.2. The van der Waals surface area contributed by atoms with Crippen molar-refractivity contribution in [2.75, 3.05) is 24.8 Å². The molecular formula is C10H20ClNO3S. The molecule has 0 N–H and O–H groups in total. The van der Waals surface area contributed by atoms with Crippen LogP contribution in [-0.2, 0) is 14.8 Å². The molecule has 0 aliphatic carbocycles. The van der Waals surface area contributed by atoms with Crippen molar-refractivity contribution in [3.05, 3.63) is 0 Å². The van der Waals surface area contributed by atoms with Gasteiger partial charge in [0.05, 0.1) is 11.9 Å². The van der Waals surface area contributed by atoms with Crippen LogP contribution in [0.15, 0.2) is 0 Å². The van der Waals surface area contributed by atoms with Crippen LogP contribution in [0.5, 0.6) is 0 Å². The first kappa shape index (κ1) is 14.2. The molecule has 0 aromatic rings. The van der Waals surface area contributed by atoms with Gasteiger partial charge in [-0.25, -0.2) is 8.42 Å². The lowest BCUT2D eigenvalue weighted by Gasteiger charge is -2.26. The standard InChI is InChI=1S/C10H20ClNO3S/c1-9(2)12(6-5-11)16(13,14)8-10-4-3-7-15-10/h9-10H,3-8H2,1-2H3. The lowest BCUT2D eigenvalue weighted by atomic mass is 10.3. The van der Waals surface area contributed by atoms with Crippen molar-refractivity contribution in [1.82, 2.24) is 4.31 Å². The second kappa shape index (κ2) is 6.19. The van der Waals surface area contributed by atoms with E-state index in [1.807, 2.05) is 13.8 Å². The van der Waals surface area contributed by atoms with Gasteiger partial charge in [-0.15, -0.1) is 11.6 Å². The van der Waals surface area contributed by atoms with Gasteiger partial charge in [-0.3, -0.25) is 0 Å².